The van der Waals surface area contributed by atoms with Crippen LogP contribution in [0.2, 0.25) is 5.02 Å². The molecule has 0 bridgehead atoms. The summed E-state index contributed by atoms with van der Waals surface area (Å²) < 4.78 is 11.2. The number of phenols is 1. The second-order valence-electron chi connectivity index (χ2n) is 6.00. The molecule has 0 saturated heterocycles. The van der Waals surface area contributed by atoms with E-state index < -0.39 is 10.8 Å². The van der Waals surface area contributed by atoms with E-state index in [1.165, 1.54) is 24.3 Å². The number of hydrogen-bond donors (Lipinski definition) is 2. The van der Waals surface area contributed by atoms with Crippen LogP contribution in [0.1, 0.15) is 17.5 Å². The zero-order chi connectivity index (χ0) is 20.1. The van der Waals surface area contributed by atoms with E-state index in [4.69, 9.17) is 21.1 Å². The number of benzene rings is 2. The maximum atomic E-state index is 12.0. The quantitative estimate of drug-likeness (QED) is 0.448. The van der Waals surface area contributed by atoms with Crippen LogP contribution in [0, 0.1) is 10.1 Å². The number of aromatic hydroxyl groups is 1. The van der Waals surface area contributed by atoms with Crippen LogP contribution < -0.4 is 14.8 Å². The van der Waals surface area contributed by atoms with Crippen molar-refractivity contribution in [2.75, 3.05) is 13.2 Å². The first kappa shape index (κ1) is 19.5. The van der Waals surface area contributed by atoms with Gasteiger partial charge in [0.15, 0.2) is 11.5 Å². The molecule has 2 aromatic rings. The minimum Gasteiger partial charge on any atom is -0.508 e. The Balaban J connectivity index is 1.66. The normalized spacial score (nSPS) is 13.2. The van der Waals surface area contributed by atoms with Crippen LogP contribution in [0.5, 0.6) is 17.2 Å². The molecule has 0 aliphatic carbocycles. The molecule has 9 heteroatoms. The lowest BCUT2D eigenvalue weighted by atomic mass is 10.1. The van der Waals surface area contributed by atoms with Gasteiger partial charge in [0.2, 0.25) is 5.91 Å². The van der Waals surface area contributed by atoms with Gasteiger partial charge in [-0.3, -0.25) is 14.9 Å². The average Bonchev–Trinajstić information content (AvgIpc) is 2.91. The zero-order valence-corrected chi connectivity index (χ0v) is 15.4. The number of halogens is 1. The number of nitro benzene ring substituents is 1. The average molecular weight is 405 g/mol. The Morgan fingerprint density at radius 3 is 2.86 bits per heavy atom. The van der Waals surface area contributed by atoms with Crippen molar-refractivity contribution in [3.63, 3.8) is 0 Å². The van der Waals surface area contributed by atoms with E-state index in [1.807, 2.05) is 0 Å². The Labute approximate surface area is 165 Å². The zero-order valence-electron chi connectivity index (χ0n) is 14.7. The molecule has 3 rings (SSSR count). The Hall–Kier alpha value is -3.26. The van der Waals surface area contributed by atoms with Crippen molar-refractivity contribution in [3.05, 3.63) is 62.7 Å². The predicted molar refractivity (Wildman–Crippen MR) is 103 cm³/mol. The standard InChI is InChI=1S/C19H17ClN2O6/c20-15-8-12(9-17-19(15)28-7-1-6-27-17)2-5-18(24)21-11-13-10-14(22(25)26)3-4-16(13)23/h2-5,8-10,23H,1,6-7,11H2,(H,21,24)/b5-2+. The summed E-state index contributed by atoms with van der Waals surface area (Å²) >= 11 is 6.21. The summed E-state index contributed by atoms with van der Waals surface area (Å²) in [4.78, 5) is 22.3. The summed E-state index contributed by atoms with van der Waals surface area (Å²) in [5, 5.41) is 23.5. The maximum Gasteiger partial charge on any atom is 0.270 e. The first-order valence-electron chi connectivity index (χ1n) is 8.45. The van der Waals surface area contributed by atoms with Gasteiger partial charge in [-0.05, 0) is 29.8 Å². The number of ether oxygens (including phenoxy) is 2. The lowest BCUT2D eigenvalue weighted by molar-refractivity contribution is -0.384. The third-order valence-electron chi connectivity index (χ3n) is 3.98. The van der Waals surface area contributed by atoms with Crippen LogP contribution in [-0.4, -0.2) is 29.2 Å². The molecule has 0 spiro atoms. The Bertz CT molecular complexity index is 944. The number of nitrogens with zero attached hydrogens (tertiary/aromatic N) is 1. The Kier molecular flexibility index (Phi) is 6.00. The third-order valence-corrected chi connectivity index (χ3v) is 4.26. The summed E-state index contributed by atoms with van der Waals surface area (Å²) in [5.74, 6) is 0.437. The number of amides is 1. The molecule has 0 fully saturated rings. The van der Waals surface area contributed by atoms with E-state index in [-0.39, 0.29) is 23.5 Å². The van der Waals surface area contributed by atoms with Crippen molar-refractivity contribution < 1.29 is 24.3 Å². The summed E-state index contributed by atoms with van der Waals surface area (Å²) in [5.41, 5.74) is 0.733. The summed E-state index contributed by atoms with van der Waals surface area (Å²) in [6, 6.07) is 7.00. The fourth-order valence-corrected chi connectivity index (χ4v) is 2.86. The van der Waals surface area contributed by atoms with Gasteiger partial charge in [-0.25, -0.2) is 0 Å². The smallest absolute Gasteiger partial charge is 0.270 e. The SMILES string of the molecule is O=C(/C=C/c1cc(Cl)c2c(c1)OCCCO2)NCc1cc([N+](=O)[O-])ccc1O. The topological polar surface area (TPSA) is 111 Å². The van der Waals surface area contributed by atoms with Gasteiger partial charge in [-0.2, -0.15) is 0 Å². The number of nitrogens with one attached hydrogen (secondary N) is 1. The van der Waals surface area contributed by atoms with Crippen LogP contribution in [0.3, 0.4) is 0 Å². The molecule has 28 heavy (non-hydrogen) atoms. The summed E-state index contributed by atoms with van der Waals surface area (Å²) in [6.07, 6.45) is 3.61. The van der Waals surface area contributed by atoms with Gasteiger partial charge in [0.25, 0.3) is 5.69 Å². The second kappa shape index (κ2) is 8.62. The van der Waals surface area contributed by atoms with Crippen LogP contribution in [0.15, 0.2) is 36.4 Å². The van der Waals surface area contributed by atoms with Crippen LogP contribution >= 0.6 is 11.6 Å². The van der Waals surface area contributed by atoms with Crippen molar-refractivity contribution in [1.82, 2.24) is 5.32 Å². The highest BCUT2D eigenvalue weighted by Gasteiger charge is 2.15. The Morgan fingerprint density at radius 2 is 2.07 bits per heavy atom. The third kappa shape index (κ3) is 4.72. The van der Waals surface area contributed by atoms with Crippen molar-refractivity contribution in [1.29, 1.82) is 0 Å². The van der Waals surface area contributed by atoms with Gasteiger partial charge in [-0.15, -0.1) is 0 Å². The maximum absolute atomic E-state index is 12.0. The van der Waals surface area contributed by atoms with Gasteiger partial charge in [0, 0.05) is 36.7 Å². The first-order chi connectivity index (χ1) is 13.4. The van der Waals surface area contributed by atoms with E-state index in [0.29, 0.717) is 35.3 Å². The molecule has 0 unspecified atom stereocenters. The number of phenolic OH excluding ortho intramolecular Hbond substituents is 1. The molecule has 146 valence electrons. The minimum atomic E-state index is -0.571. The number of hydrogen-bond acceptors (Lipinski definition) is 6. The van der Waals surface area contributed by atoms with E-state index in [2.05, 4.69) is 5.32 Å². The van der Waals surface area contributed by atoms with Gasteiger partial charge in [-0.1, -0.05) is 11.6 Å². The highest BCUT2D eigenvalue weighted by atomic mass is 35.5. The molecule has 2 N–H and O–H groups in total. The highest BCUT2D eigenvalue weighted by molar-refractivity contribution is 6.32. The summed E-state index contributed by atoms with van der Waals surface area (Å²) in [7, 11) is 0. The van der Waals surface area contributed by atoms with E-state index in [1.54, 1.807) is 18.2 Å². The molecule has 0 radical (unpaired) electrons. The first-order valence-corrected chi connectivity index (χ1v) is 8.83. The van der Waals surface area contributed by atoms with Crippen molar-refractivity contribution in [2.24, 2.45) is 0 Å². The van der Waals surface area contributed by atoms with Crippen LogP contribution in [-0.2, 0) is 11.3 Å². The Morgan fingerprint density at radius 1 is 1.29 bits per heavy atom. The molecule has 1 heterocycles. The van der Waals surface area contributed by atoms with Gasteiger partial charge < -0.3 is 19.9 Å². The van der Waals surface area contributed by atoms with Crippen molar-refractivity contribution in [2.45, 2.75) is 13.0 Å². The molecule has 1 aliphatic heterocycles. The number of nitro groups is 1. The molecular weight excluding hydrogens is 388 g/mol. The van der Waals surface area contributed by atoms with E-state index >= 15 is 0 Å². The summed E-state index contributed by atoms with van der Waals surface area (Å²) in [6.45, 7) is 0.983. The molecule has 8 nitrogen and oxygen atoms in total. The number of carbonyl (C=O) groups excluding carboxylic acids is 1. The molecule has 0 aromatic heterocycles. The van der Waals surface area contributed by atoms with Gasteiger partial charge in [0.05, 0.1) is 23.2 Å². The molecule has 2 aromatic carbocycles. The highest BCUT2D eigenvalue weighted by Crippen LogP contribution is 2.38. The number of fused-ring (bicyclic) bond motifs is 1. The van der Waals surface area contributed by atoms with Crippen molar-refractivity contribution >= 4 is 29.3 Å². The number of non-ortho nitro benzene ring substituents is 1. The predicted octanol–water partition coefficient (Wildman–Crippen LogP) is 3.44. The fraction of sp³-hybridized carbons (Fsp3) is 0.211. The van der Waals surface area contributed by atoms with Gasteiger partial charge >= 0.3 is 0 Å². The van der Waals surface area contributed by atoms with Gasteiger partial charge in [0.1, 0.15) is 5.75 Å². The molecule has 0 saturated carbocycles. The molecule has 0 atom stereocenters. The largest absolute Gasteiger partial charge is 0.508 e. The van der Waals surface area contributed by atoms with Crippen LogP contribution in [0.4, 0.5) is 5.69 Å². The number of rotatable bonds is 5. The molecular formula is C19H17ClN2O6. The van der Waals surface area contributed by atoms with E-state index in [0.717, 1.165) is 6.42 Å². The fourth-order valence-electron chi connectivity index (χ4n) is 2.59. The lowest BCUT2D eigenvalue weighted by Crippen LogP contribution is -2.20. The number of carbonyl (C=O) groups is 1. The van der Waals surface area contributed by atoms with Crippen LogP contribution in [0.25, 0.3) is 6.08 Å². The second-order valence-corrected chi connectivity index (χ2v) is 6.41. The molecule has 1 amide bonds. The van der Waals surface area contributed by atoms with Crippen molar-refractivity contribution in [3.8, 4) is 17.2 Å². The van der Waals surface area contributed by atoms with E-state index in [9.17, 15) is 20.0 Å². The molecule has 1 aliphatic rings. The monoisotopic (exact) mass is 404 g/mol. The lowest BCUT2D eigenvalue weighted by Gasteiger charge is -2.10. The minimum absolute atomic E-state index is 0.0570.